The maximum atomic E-state index is 12.9. The number of ketones is 1. The second kappa shape index (κ2) is 11.0. The Balaban J connectivity index is 0.00000166. The van der Waals surface area contributed by atoms with Crippen LogP contribution in [0.1, 0.15) is 70.0 Å². The van der Waals surface area contributed by atoms with Gasteiger partial charge in [0.15, 0.2) is 5.78 Å². The molecule has 0 saturated carbocycles. The number of benzene rings is 2. The van der Waals surface area contributed by atoms with Crippen molar-refractivity contribution in [3.05, 3.63) is 89.1 Å². The Bertz CT molecular complexity index is 994. The molecule has 0 bridgehead atoms. The van der Waals surface area contributed by atoms with Gasteiger partial charge in [-0.05, 0) is 75.9 Å². The zero-order valence-corrected chi connectivity index (χ0v) is 20.0. The van der Waals surface area contributed by atoms with Crippen molar-refractivity contribution in [3.8, 4) is 11.3 Å². The molecule has 0 amide bonds. The van der Waals surface area contributed by atoms with E-state index in [1.165, 1.54) is 16.7 Å². The molecule has 0 aliphatic rings. The minimum absolute atomic E-state index is 0. The van der Waals surface area contributed by atoms with E-state index in [4.69, 9.17) is 0 Å². The van der Waals surface area contributed by atoms with Crippen molar-refractivity contribution in [1.29, 1.82) is 0 Å². The van der Waals surface area contributed by atoms with Gasteiger partial charge >= 0.3 is 0 Å². The number of pyridine rings is 1. The maximum absolute atomic E-state index is 12.9. The summed E-state index contributed by atoms with van der Waals surface area (Å²) in [6.45, 7) is 14.3. The van der Waals surface area contributed by atoms with Gasteiger partial charge in [-0.1, -0.05) is 56.3 Å². The summed E-state index contributed by atoms with van der Waals surface area (Å²) in [5.74, 6) is 0.121. The molecule has 2 aromatic carbocycles. The van der Waals surface area contributed by atoms with Crippen LogP contribution in [0.4, 0.5) is 0 Å². The second-order valence-corrected chi connectivity index (χ2v) is 8.68. The number of aryl methyl sites for hydroxylation is 1. The van der Waals surface area contributed by atoms with E-state index in [1.54, 1.807) is 0 Å². The summed E-state index contributed by atoms with van der Waals surface area (Å²) in [7, 11) is 0. The number of nitrogens with one attached hydrogen (secondary N) is 1. The number of carbonyl (C=O) groups is 1. The molecule has 3 aromatic rings. The van der Waals surface area contributed by atoms with Crippen LogP contribution >= 0.6 is 0 Å². The molecular weight excluding hydrogens is 380 g/mol. The lowest BCUT2D eigenvalue weighted by atomic mass is 9.92. The van der Waals surface area contributed by atoms with Crippen LogP contribution in [-0.4, -0.2) is 22.3 Å². The van der Waals surface area contributed by atoms with Gasteiger partial charge in [-0.15, -0.1) is 0 Å². The van der Waals surface area contributed by atoms with Crippen molar-refractivity contribution in [2.24, 2.45) is 0 Å². The zero-order chi connectivity index (χ0) is 23.0. The fourth-order valence-electron chi connectivity index (χ4n) is 3.77. The molecular formula is C28H38N2O. The molecule has 1 atom stereocenters. The van der Waals surface area contributed by atoms with Crippen LogP contribution in [0.25, 0.3) is 11.3 Å². The standard InChI is InChI=1S/C26H30N2O.C2H6.H2/c1-18-10-8-12-21(24(18)23-14-6-7-15-27-23)16-20-11-9-13-22(17-20)25(29)19(2)28-26(3,4)5;1-2;/h6-15,17,19,28H,16H2,1-5H3;1-2H3;1H. The Morgan fingerprint density at radius 2 is 1.74 bits per heavy atom. The molecule has 3 nitrogen and oxygen atoms in total. The quantitative estimate of drug-likeness (QED) is 0.444. The van der Waals surface area contributed by atoms with Gasteiger partial charge in [-0.25, -0.2) is 0 Å². The Hall–Kier alpha value is -2.78. The first-order valence-corrected chi connectivity index (χ1v) is 11.2. The third kappa shape index (κ3) is 6.86. The third-order valence-electron chi connectivity index (χ3n) is 4.93. The molecule has 0 saturated heterocycles. The first-order valence-electron chi connectivity index (χ1n) is 11.2. The van der Waals surface area contributed by atoms with Crippen LogP contribution < -0.4 is 5.32 Å². The highest BCUT2D eigenvalue weighted by atomic mass is 16.1. The number of Topliss-reactive ketones (excluding diaryl/α,β-unsaturated/α-hetero) is 1. The fourth-order valence-corrected chi connectivity index (χ4v) is 3.77. The number of carbonyl (C=O) groups excluding carboxylic acids is 1. The summed E-state index contributed by atoms with van der Waals surface area (Å²) < 4.78 is 0. The zero-order valence-electron chi connectivity index (χ0n) is 20.0. The van der Waals surface area contributed by atoms with E-state index < -0.39 is 0 Å². The van der Waals surface area contributed by atoms with Crippen molar-refractivity contribution in [3.63, 3.8) is 0 Å². The number of aromatic nitrogens is 1. The monoisotopic (exact) mass is 418 g/mol. The molecule has 1 N–H and O–H groups in total. The van der Waals surface area contributed by atoms with Gasteiger partial charge in [0.25, 0.3) is 0 Å². The molecule has 166 valence electrons. The maximum Gasteiger partial charge on any atom is 0.179 e. The molecule has 3 heteroatoms. The molecule has 1 heterocycles. The van der Waals surface area contributed by atoms with E-state index >= 15 is 0 Å². The largest absolute Gasteiger partial charge is 0.303 e. The summed E-state index contributed by atoms with van der Waals surface area (Å²) in [5.41, 5.74) is 6.35. The summed E-state index contributed by atoms with van der Waals surface area (Å²) in [4.78, 5) is 17.4. The lowest BCUT2D eigenvalue weighted by Crippen LogP contribution is -2.46. The van der Waals surface area contributed by atoms with Crippen molar-refractivity contribution in [1.82, 2.24) is 10.3 Å². The highest BCUT2D eigenvalue weighted by Gasteiger charge is 2.21. The van der Waals surface area contributed by atoms with Crippen molar-refractivity contribution in [2.45, 2.75) is 66.5 Å². The van der Waals surface area contributed by atoms with E-state index in [-0.39, 0.29) is 18.8 Å². The van der Waals surface area contributed by atoms with Gasteiger partial charge in [0, 0.05) is 24.3 Å². The second-order valence-electron chi connectivity index (χ2n) is 8.68. The van der Waals surface area contributed by atoms with Crippen LogP contribution in [0.2, 0.25) is 0 Å². The van der Waals surface area contributed by atoms with Crippen LogP contribution in [0, 0.1) is 6.92 Å². The predicted octanol–water partition coefficient (Wildman–Crippen LogP) is 6.88. The molecule has 0 fully saturated rings. The van der Waals surface area contributed by atoms with Crippen molar-refractivity contribution in [2.75, 3.05) is 0 Å². The lowest BCUT2D eigenvalue weighted by molar-refractivity contribution is 0.0935. The average molecular weight is 419 g/mol. The number of nitrogens with zero attached hydrogens (tertiary/aromatic N) is 1. The fraction of sp³-hybridized carbons (Fsp3) is 0.357. The summed E-state index contributed by atoms with van der Waals surface area (Å²) in [5, 5.41) is 3.37. The van der Waals surface area contributed by atoms with E-state index in [2.05, 4.69) is 62.3 Å². The predicted molar refractivity (Wildman–Crippen MR) is 134 cm³/mol. The van der Waals surface area contributed by atoms with Crippen molar-refractivity contribution >= 4 is 5.78 Å². The minimum Gasteiger partial charge on any atom is -0.303 e. The minimum atomic E-state index is -0.228. The summed E-state index contributed by atoms with van der Waals surface area (Å²) in [6, 6.07) is 20.1. The molecule has 1 aromatic heterocycles. The Kier molecular flexibility index (Phi) is 8.70. The third-order valence-corrected chi connectivity index (χ3v) is 4.93. The van der Waals surface area contributed by atoms with Crippen molar-refractivity contribution < 1.29 is 6.22 Å². The highest BCUT2D eigenvalue weighted by Crippen LogP contribution is 2.28. The highest BCUT2D eigenvalue weighted by molar-refractivity contribution is 6.00. The Morgan fingerprint density at radius 1 is 1.03 bits per heavy atom. The van der Waals surface area contributed by atoms with Gasteiger partial charge in [-0.3, -0.25) is 9.78 Å². The normalized spacial score (nSPS) is 12.0. The average Bonchev–Trinajstić information content (AvgIpc) is 2.74. The van der Waals surface area contributed by atoms with Gasteiger partial charge < -0.3 is 5.32 Å². The number of rotatable bonds is 6. The molecule has 0 aliphatic carbocycles. The van der Waals surface area contributed by atoms with Crippen LogP contribution in [0.15, 0.2) is 66.9 Å². The lowest BCUT2D eigenvalue weighted by Gasteiger charge is -2.25. The van der Waals surface area contributed by atoms with Gasteiger partial charge in [-0.2, -0.15) is 0 Å². The summed E-state index contributed by atoms with van der Waals surface area (Å²) >= 11 is 0. The van der Waals surface area contributed by atoms with Crippen LogP contribution in [0.3, 0.4) is 0 Å². The number of hydrogen-bond donors (Lipinski definition) is 1. The Morgan fingerprint density at radius 3 is 2.39 bits per heavy atom. The summed E-state index contributed by atoms with van der Waals surface area (Å²) in [6.07, 6.45) is 2.59. The topological polar surface area (TPSA) is 42.0 Å². The molecule has 31 heavy (non-hydrogen) atoms. The first kappa shape index (κ1) is 24.5. The smallest absolute Gasteiger partial charge is 0.179 e. The van der Waals surface area contributed by atoms with Crippen LogP contribution in [0.5, 0.6) is 0 Å². The molecule has 0 radical (unpaired) electrons. The molecule has 1 unspecified atom stereocenters. The van der Waals surface area contributed by atoms with E-state index in [1.807, 2.05) is 63.4 Å². The Labute approximate surface area is 189 Å². The first-order chi connectivity index (χ1) is 14.7. The van der Waals surface area contributed by atoms with E-state index in [9.17, 15) is 4.79 Å². The SMILES string of the molecule is CC.Cc1cccc(Cc2cccc(C(=O)C(C)NC(C)(C)C)c2)c1-c1ccccn1.[HH]. The van der Waals surface area contributed by atoms with Gasteiger partial charge in [0.2, 0.25) is 0 Å². The van der Waals surface area contributed by atoms with Gasteiger partial charge in [0.05, 0.1) is 11.7 Å². The van der Waals surface area contributed by atoms with Crippen LogP contribution in [-0.2, 0) is 6.42 Å². The molecule has 0 spiro atoms. The molecule has 3 rings (SSSR count). The van der Waals surface area contributed by atoms with E-state index in [0.717, 1.165) is 23.2 Å². The van der Waals surface area contributed by atoms with E-state index in [0.29, 0.717) is 0 Å². The molecule has 0 aliphatic heterocycles. The number of hydrogen-bond acceptors (Lipinski definition) is 3. The van der Waals surface area contributed by atoms with Gasteiger partial charge in [0.1, 0.15) is 0 Å².